The number of carbonyl (C=O) groups excluding carboxylic acids is 3. The summed E-state index contributed by atoms with van der Waals surface area (Å²) in [6.07, 6.45) is 5.52. The Bertz CT molecular complexity index is 1330. The number of carbonyl (C=O) groups is 3. The summed E-state index contributed by atoms with van der Waals surface area (Å²) in [6.45, 7) is 3.89. The number of Topliss-reactive ketones (excluding diaryl/α,β-unsaturated/α-hetero) is 1. The number of aryl methyl sites for hydroxylation is 2. The average Bonchev–Trinajstić information content (AvgIpc) is 3.52. The van der Waals surface area contributed by atoms with Crippen LogP contribution in [0.3, 0.4) is 0 Å². The lowest BCUT2D eigenvalue weighted by molar-refractivity contribution is -0.140. The zero-order valence-corrected chi connectivity index (χ0v) is 19.5. The van der Waals surface area contributed by atoms with E-state index in [4.69, 9.17) is 4.74 Å². The topological polar surface area (TPSA) is 118 Å². The lowest BCUT2D eigenvalue weighted by Crippen LogP contribution is -2.31. The fourth-order valence-electron chi connectivity index (χ4n) is 4.52. The van der Waals surface area contributed by atoms with E-state index in [0.717, 1.165) is 0 Å². The number of aliphatic hydroxyl groups is 1. The van der Waals surface area contributed by atoms with Crippen LogP contribution in [0.5, 0.6) is 0 Å². The fraction of sp³-hybridized carbons (Fsp3) is 0.280. The number of benzene rings is 1. The van der Waals surface area contributed by atoms with Gasteiger partial charge in [0.25, 0.3) is 11.7 Å². The van der Waals surface area contributed by atoms with Gasteiger partial charge in [-0.05, 0) is 31.9 Å². The Kier molecular flexibility index (Phi) is 6.54. The monoisotopic (exact) mass is 480 g/mol. The van der Waals surface area contributed by atoms with Crippen molar-refractivity contribution in [1.82, 2.24) is 19.4 Å². The molecule has 35 heavy (non-hydrogen) atoms. The van der Waals surface area contributed by atoms with Gasteiger partial charge in [-0.3, -0.25) is 9.59 Å². The minimum absolute atomic E-state index is 0.0925. The van der Waals surface area contributed by atoms with Crippen LogP contribution in [-0.4, -0.2) is 55.9 Å². The summed E-state index contributed by atoms with van der Waals surface area (Å²) < 4.78 is 21.5. The predicted molar refractivity (Wildman–Crippen MR) is 124 cm³/mol. The van der Waals surface area contributed by atoms with Crippen molar-refractivity contribution in [3.63, 3.8) is 0 Å². The quantitative estimate of drug-likeness (QED) is 0.232. The molecule has 1 fully saturated rings. The summed E-state index contributed by atoms with van der Waals surface area (Å²) in [5.74, 6) is -3.48. The van der Waals surface area contributed by atoms with Crippen LogP contribution in [0.25, 0.3) is 5.76 Å². The minimum atomic E-state index is -1.13. The summed E-state index contributed by atoms with van der Waals surface area (Å²) in [7, 11) is 1.23. The average molecular weight is 480 g/mol. The SMILES string of the molecule is COC(=O)c1[nH]c(C)c(C(O)=C2C(=O)C(=O)N(CCCn3ccnc3)C2c2ccccc2F)c1C. The summed E-state index contributed by atoms with van der Waals surface area (Å²) in [4.78, 5) is 46.5. The molecule has 0 radical (unpaired) electrons. The Balaban J connectivity index is 1.81. The van der Waals surface area contributed by atoms with E-state index in [1.807, 2.05) is 4.57 Å². The number of halogens is 1. The molecule has 10 heteroatoms. The molecule has 0 saturated carbocycles. The summed E-state index contributed by atoms with van der Waals surface area (Å²) >= 11 is 0. The molecule has 2 N–H and O–H groups in total. The molecule has 0 spiro atoms. The van der Waals surface area contributed by atoms with Gasteiger partial charge >= 0.3 is 5.97 Å². The van der Waals surface area contributed by atoms with E-state index >= 15 is 0 Å². The van der Waals surface area contributed by atoms with Gasteiger partial charge in [-0.2, -0.15) is 0 Å². The summed E-state index contributed by atoms with van der Waals surface area (Å²) in [6, 6.07) is 4.70. The second-order valence-electron chi connectivity index (χ2n) is 8.28. The number of ether oxygens (including phenoxy) is 1. The van der Waals surface area contributed by atoms with E-state index in [1.165, 1.54) is 30.2 Å². The third-order valence-electron chi connectivity index (χ3n) is 6.18. The number of aliphatic hydroxyl groups excluding tert-OH is 1. The number of methoxy groups -OCH3 is 1. The number of hydrogen-bond acceptors (Lipinski definition) is 6. The Labute approximate surface area is 200 Å². The van der Waals surface area contributed by atoms with Crippen LogP contribution >= 0.6 is 0 Å². The molecule has 1 aromatic carbocycles. The molecule has 3 heterocycles. The van der Waals surface area contributed by atoms with E-state index in [1.54, 1.807) is 38.6 Å². The first kappa shape index (κ1) is 23.9. The van der Waals surface area contributed by atoms with Crippen LogP contribution in [0.2, 0.25) is 0 Å². The second-order valence-corrected chi connectivity index (χ2v) is 8.28. The number of aromatic nitrogens is 3. The number of imidazole rings is 1. The van der Waals surface area contributed by atoms with Crippen LogP contribution in [0.4, 0.5) is 4.39 Å². The number of likely N-dealkylation sites (tertiary alicyclic amines) is 1. The van der Waals surface area contributed by atoms with Gasteiger partial charge in [-0.15, -0.1) is 0 Å². The Morgan fingerprint density at radius 1 is 1.23 bits per heavy atom. The maximum Gasteiger partial charge on any atom is 0.354 e. The molecule has 1 amide bonds. The molecular formula is C25H25FN4O5. The van der Waals surface area contributed by atoms with Crippen molar-refractivity contribution in [3.8, 4) is 0 Å². The Hall–Kier alpha value is -4.21. The number of amides is 1. The highest BCUT2D eigenvalue weighted by atomic mass is 19.1. The molecule has 9 nitrogen and oxygen atoms in total. The number of nitrogens with one attached hydrogen (secondary N) is 1. The largest absolute Gasteiger partial charge is 0.507 e. The molecule has 2 aromatic heterocycles. The number of nitrogens with zero attached hydrogens (tertiary/aromatic N) is 3. The first-order valence-corrected chi connectivity index (χ1v) is 11.0. The molecule has 1 unspecified atom stereocenters. The Morgan fingerprint density at radius 3 is 2.63 bits per heavy atom. The van der Waals surface area contributed by atoms with Crippen molar-refractivity contribution in [3.05, 3.63) is 82.5 Å². The smallest absolute Gasteiger partial charge is 0.354 e. The normalized spacial score (nSPS) is 17.3. The van der Waals surface area contributed by atoms with Crippen LogP contribution in [0.15, 0.2) is 48.6 Å². The van der Waals surface area contributed by atoms with Gasteiger partial charge in [-0.1, -0.05) is 18.2 Å². The molecule has 4 rings (SSSR count). The van der Waals surface area contributed by atoms with Crippen molar-refractivity contribution < 1.29 is 28.6 Å². The van der Waals surface area contributed by atoms with E-state index in [2.05, 4.69) is 9.97 Å². The van der Waals surface area contributed by atoms with Crippen molar-refractivity contribution >= 4 is 23.4 Å². The minimum Gasteiger partial charge on any atom is -0.507 e. The number of aromatic amines is 1. The van der Waals surface area contributed by atoms with Gasteiger partial charge in [0.1, 0.15) is 17.3 Å². The zero-order valence-electron chi connectivity index (χ0n) is 19.5. The zero-order chi connectivity index (χ0) is 25.3. The molecule has 0 aliphatic carbocycles. The maximum absolute atomic E-state index is 14.9. The molecule has 1 aliphatic heterocycles. The van der Waals surface area contributed by atoms with Gasteiger partial charge < -0.3 is 24.3 Å². The lowest BCUT2D eigenvalue weighted by atomic mass is 9.93. The molecule has 1 aliphatic rings. The van der Waals surface area contributed by atoms with Crippen LogP contribution in [-0.2, 0) is 20.9 Å². The molecule has 1 saturated heterocycles. The van der Waals surface area contributed by atoms with Gasteiger partial charge in [0.15, 0.2) is 0 Å². The summed E-state index contributed by atoms with van der Waals surface area (Å²) in [5, 5.41) is 11.3. The van der Waals surface area contributed by atoms with Gasteiger partial charge in [0.05, 0.1) is 25.1 Å². The van der Waals surface area contributed by atoms with Gasteiger partial charge in [0.2, 0.25) is 0 Å². The molecule has 182 valence electrons. The van der Waals surface area contributed by atoms with Crippen molar-refractivity contribution in [2.45, 2.75) is 32.9 Å². The van der Waals surface area contributed by atoms with Crippen molar-refractivity contribution in [2.75, 3.05) is 13.7 Å². The highest BCUT2D eigenvalue weighted by molar-refractivity contribution is 6.46. The number of esters is 1. The number of hydrogen-bond donors (Lipinski definition) is 2. The first-order chi connectivity index (χ1) is 16.8. The van der Waals surface area contributed by atoms with E-state index < -0.39 is 35.3 Å². The fourth-order valence-corrected chi connectivity index (χ4v) is 4.52. The number of rotatable bonds is 7. The highest BCUT2D eigenvalue weighted by Gasteiger charge is 2.47. The predicted octanol–water partition coefficient (Wildman–Crippen LogP) is 3.27. The number of ketones is 1. The third-order valence-corrected chi connectivity index (χ3v) is 6.18. The van der Waals surface area contributed by atoms with Crippen LogP contribution in [0.1, 0.15) is 45.3 Å². The van der Waals surface area contributed by atoms with E-state index in [-0.39, 0.29) is 28.9 Å². The van der Waals surface area contributed by atoms with E-state index in [9.17, 15) is 23.9 Å². The Morgan fingerprint density at radius 2 is 1.97 bits per heavy atom. The van der Waals surface area contributed by atoms with Crippen LogP contribution < -0.4 is 0 Å². The van der Waals surface area contributed by atoms with E-state index in [0.29, 0.717) is 24.2 Å². The number of H-pyrrole nitrogens is 1. The second kappa shape index (κ2) is 9.57. The van der Waals surface area contributed by atoms with Crippen molar-refractivity contribution in [1.29, 1.82) is 0 Å². The molecule has 1 atom stereocenters. The molecule has 3 aromatic rings. The first-order valence-electron chi connectivity index (χ1n) is 11.0. The van der Waals surface area contributed by atoms with Crippen molar-refractivity contribution in [2.24, 2.45) is 0 Å². The highest BCUT2D eigenvalue weighted by Crippen LogP contribution is 2.41. The third kappa shape index (κ3) is 4.23. The maximum atomic E-state index is 14.9. The van der Waals surface area contributed by atoms with Crippen LogP contribution in [0, 0.1) is 19.7 Å². The van der Waals surface area contributed by atoms with Gasteiger partial charge in [-0.25, -0.2) is 14.2 Å². The van der Waals surface area contributed by atoms with Gasteiger partial charge in [0, 0.05) is 42.3 Å². The standard InChI is InChI=1S/C25H25FN4O5/c1-14-18(15(2)28-20(14)25(34)35-3)22(31)19-21(16-7-4-5-8-17(16)26)30(24(33)23(19)32)11-6-10-29-12-9-27-13-29/h4-5,7-9,12-13,21,28,31H,6,10-11H2,1-3H3. The summed E-state index contributed by atoms with van der Waals surface area (Å²) in [5.41, 5.74) is 0.926. The molecule has 0 bridgehead atoms. The lowest BCUT2D eigenvalue weighted by Gasteiger charge is -2.25. The molecular weight excluding hydrogens is 455 g/mol.